The molecule has 2 rings (SSSR count). The zero-order valence-corrected chi connectivity index (χ0v) is 10.1. The van der Waals surface area contributed by atoms with Crippen LogP contribution in [-0.2, 0) is 7.05 Å². The molecule has 0 radical (unpaired) electrons. The first kappa shape index (κ1) is 11.8. The Morgan fingerprint density at radius 3 is 2.88 bits per heavy atom. The monoisotopic (exact) mass is 235 g/mol. The maximum absolute atomic E-state index is 11.8. The van der Waals surface area contributed by atoms with E-state index in [0.717, 1.165) is 19.3 Å². The average molecular weight is 235 g/mol. The minimum Gasteiger partial charge on any atom is -0.321 e. The molecule has 0 saturated heterocycles. The SMILES string of the molecule is CCCC[C@@H](N)c1nnc2c(=O)n(C)ccn12. The number of rotatable bonds is 4. The van der Waals surface area contributed by atoms with Crippen molar-refractivity contribution in [2.24, 2.45) is 12.8 Å². The highest BCUT2D eigenvalue weighted by Gasteiger charge is 2.15. The third-order valence-corrected chi connectivity index (χ3v) is 2.87. The number of fused-ring (bicyclic) bond motifs is 1. The van der Waals surface area contributed by atoms with Gasteiger partial charge in [0.15, 0.2) is 5.82 Å². The van der Waals surface area contributed by atoms with E-state index in [2.05, 4.69) is 17.1 Å². The van der Waals surface area contributed by atoms with Gasteiger partial charge in [0.2, 0.25) is 5.65 Å². The summed E-state index contributed by atoms with van der Waals surface area (Å²) in [6, 6.07) is -0.169. The summed E-state index contributed by atoms with van der Waals surface area (Å²) in [6.45, 7) is 2.12. The molecule has 1 atom stereocenters. The fraction of sp³-hybridized carbons (Fsp3) is 0.545. The van der Waals surface area contributed by atoms with Gasteiger partial charge in [-0.2, -0.15) is 0 Å². The second-order valence-corrected chi connectivity index (χ2v) is 4.21. The summed E-state index contributed by atoms with van der Waals surface area (Å²) >= 11 is 0. The molecule has 0 aromatic carbocycles. The minimum absolute atomic E-state index is 0.158. The summed E-state index contributed by atoms with van der Waals surface area (Å²) in [7, 11) is 1.69. The van der Waals surface area contributed by atoms with Crippen LogP contribution in [0, 0.1) is 0 Å². The number of hydrogen-bond donors (Lipinski definition) is 1. The lowest BCUT2D eigenvalue weighted by Gasteiger charge is -2.08. The van der Waals surface area contributed by atoms with Crippen LogP contribution in [0.25, 0.3) is 5.65 Å². The molecule has 0 spiro atoms. The van der Waals surface area contributed by atoms with Crippen molar-refractivity contribution >= 4 is 5.65 Å². The second-order valence-electron chi connectivity index (χ2n) is 4.21. The Kier molecular flexibility index (Phi) is 3.23. The summed E-state index contributed by atoms with van der Waals surface area (Å²) in [5.41, 5.74) is 6.22. The van der Waals surface area contributed by atoms with E-state index in [1.54, 1.807) is 23.8 Å². The molecule has 0 aliphatic heterocycles. The van der Waals surface area contributed by atoms with Gasteiger partial charge in [0.1, 0.15) is 0 Å². The van der Waals surface area contributed by atoms with Gasteiger partial charge in [0.25, 0.3) is 5.56 Å². The molecule has 0 aliphatic rings. The van der Waals surface area contributed by atoms with Crippen LogP contribution in [0.1, 0.15) is 38.1 Å². The van der Waals surface area contributed by atoms with Crippen LogP contribution in [0.4, 0.5) is 0 Å². The normalized spacial score (nSPS) is 13.1. The first-order valence-corrected chi connectivity index (χ1v) is 5.81. The number of nitrogens with two attached hydrogens (primary N) is 1. The van der Waals surface area contributed by atoms with Crippen LogP contribution < -0.4 is 11.3 Å². The van der Waals surface area contributed by atoms with Gasteiger partial charge in [0, 0.05) is 19.4 Å². The first-order chi connectivity index (χ1) is 8.15. The van der Waals surface area contributed by atoms with Crippen molar-refractivity contribution in [2.45, 2.75) is 32.2 Å². The summed E-state index contributed by atoms with van der Waals surface area (Å²) in [5.74, 6) is 0.658. The zero-order chi connectivity index (χ0) is 12.4. The van der Waals surface area contributed by atoms with Crippen molar-refractivity contribution in [3.8, 4) is 0 Å². The van der Waals surface area contributed by atoms with Crippen LogP contribution in [-0.4, -0.2) is 19.2 Å². The predicted molar refractivity (Wildman–Crippen MR) is 64.7 cm³/mol. The second kappa shape index (κ2) is 4.67. The maximum Gasteiger partial charge on any atom is 0.295 e. The number of unbranched alkanes of at least 4 members (excludes halogenated alkanes) is 1. The van der Waals surface area contributed by atoms with E-state index in [9.17, 15) is 4.79 Å². The lowest BCUT2D eigenvalue weighted by molar-refractivity contribution is 0.569. The molecule has 0 amide bonds. The first-order valence-electron chi connectivity index (χ1n) is 5.81. The smallest absolute Gasteiger partial charge is 0.295 e. The quantitative estimate of drug-likeness (QED) is 0.842. The molecule has 0 unspecified atom stereocenters. The van der Waals surface area contributed by atoms with E-state index >= 15 is 0 Å². The van der Waals surface area contributed by atoms with Crippen molar-refractivity contribution in [3.63, 3.8) is 0 Å². The van der Waals surface area contributed by atoms with Gasteiger partial charge in [-0.15, -0.1) is 10.2 Å². The molecule has 6 nitrogen and oxygen atoms in total. The molecule has 0 aliphatic carbocycles. The molecular weight excluding hydrogens is 218 g/mol. The number of nitrogens with zero attached hydrogens (tertiary/aromatic N) is 4. The van der Waals surface area contributed by atoms with E-state index in [1.807, 2.05) is 0 Å². The van der Waals surface area contributed by atoms with Gasteiger partial charge in [0.05, 0.1) is 6.04 Å². The van der Waals surface area contributed by atoms with Crippen molar-refractivity contribution < 1.29 is 0 Å². The van der Waals surface area contributed by atoms with Crippen molar-refractivity contribution in [2.75, 3.05) is 0 Å². The molecule has 0 saturated carbocycles. The molecule has 2 N–H and O–H groups in total. The van der Waals surface area contributed by atoms with Crippen molar-refractivity contribution in [1.82, 2.24) is 19.2 Å². The zero-order valence-electron chi connectivity index (χ0n) is 10.1. The molecule has 2 aromatic rings. The highest BCUT2D eigenvalue weighted by Crippen LogP contribution is 2.14. The number of aromatic nitrogens is 4. The van der Waals surface area contributed by atoms with Gasteiger partial charge >= 0.3 is 0 Å². The van der Waals surface area contributed by atoms with Crippen molar-refractivity contribution in [3.05, 3.63) is 28.6 Å². The predicted octanol–water partition coefficient (Wildman–Crippen LogP) is 0.618. The molecule has 0 fully saturated rings. The van der Waals surface area contributed by atoms with Gasteiger partial charge in [-0.25, -0.2) is 0 Å². The Morgan fingerprint density at radius 1 is 1.41 bits per heavy atom. The Hall–Kier alpha value is -1.69. The third kappa shape index (κ3) is 2.08. The van der Waals surface area contributed by atoms with Gasteiger partial charge in [-0.1, -0.05) is 19.8 Å². The molecule has 0 bridgehead atoms. The fourth-order valence-corrected chi connectivity index (χ4v) is 1.79. The molecule has 6 heteroatoms. The van der Waals surface area contributed by atoms with E-state index in [0.29, 0.717) is 11.5 Å². The largest absolute Gasteiger partial charge is 0.321 e. The third-order valence-electron chi connectivity index (χ3n) is 2.87. The summed E-state index contributed by atoms with van der Waals surface area (Å²) in [4.78, 5) is 11.8. The summed E-state index contributed by atoms with van der Waals surface area (Å²) < 4.78 is 3.16. The molecule has 2 heterocycles. The highest BCUT2D eigenvalue weighted by atomic mass is 16.1. The lowest BCUT2D eigenvalue weighted by atomic mass is 10.1. The van der Waals surface area contributed by atoms with Crippen molar-refractivity contribution in [1.29, 1.82) is 0 Å². The Balaban J connectivity index is 2.43. The van der Waals surface area contributed by atoms with Crippen LogP contribution in [0.5, 0.6) is 0 Å². The summed E-state index contributed by atoms with van der Waals surface area (Å²) in [5, 5.41) is 7.93. The molecule has 2 aromatic heterocycles. The van der Waals surface area contributed by atoms with E-state index in [4.69, 9.17) is 5.73 Å². The molecular formula is C11H17N5O. The molecule has 17 heavy (non-hydrogen) atoms. The van der Waals surface area contributed by atoms with Crippen LogP contribution in [0.2, 0.25) is 0 Å². The topological polar surface area (TPSA) is 78.2 Å². The Bertz CT molecular complexity index is 571. The molecule has 92 valence electrons. The minimum atomic E-state index is -0.169. The summed E-state index contributed by atoms with van der Waals surface area (Å²) in [6.07, 6.45) is 6.45. The van der Waals surface area contributed by atoms with Gasteiger partial charge in [-0.05, 0) is 6.42 Å². The van der Waals surface area contributed by atoms with E-state index < -0.39 is 0 Å². The van der Waals surface area contributed by atoms with E-state index in [1.165, 1.54) is 4.57 Å². The van der Waals surface area contributed by atoms with E-state index in [-0.39, 0.29) is 11.6 Å². The number of hydrogen-bond acceptors (Lipinski definition) is 4. The standard InChI is InChI=1S/C11H17N5O/c1-3-4-5-8(12)9-13-14-10-11(17)15(2)6-7-16(9)10/h6-8H,3-5,12H2,1-2H3/t8-/m1/s1. The van der Waals surface area contributed by atoms with Gasteiger partial charge in [-0.3, -0.25) is 9.20 Å². The van der Waals surface area contributed by atoms with Crippen LogP contribution >= 0.6 is 0 Å². The highest BCUT2D eigenvalue weighted by molar-refractivity contribution is 5.35. The maximum atomic E-state index is 11.8. The van der Waals surface area contributed by atoms with Crippen LogP contribution in [0.3, 0.4) is 0 Å². The number of aryl methyl sites for hydroxylation is 1. The van der Waals surface area contributed by atoms with Crippen LogP contribution in [0.15, 0.2) is 17.2 Å². The average Bonchev–Trinajstić information content (AvgIpc) is 2.75. The lowest BCUT2D eigenvalue weighted by Crippen LogP contribution is -2.20. The fourth-order valence-electron chi connectivity index (χ4n) is 1.79. The Labute approximate surface area is 99.1 Å². The Morgan fingerprint density at radius 2 is 2.18 bits per heavy atom. The van der Waals surface area contributed by atoms with Gasteiger partial charge < -0.3 is 10.3 Å².